The third-order valence-electron chi connectivity index (χ3n) is 5.18. The molecule has 1 fully saturated rings. The average molecular weight is 478 g/mol. The zero-order valence-electron chi connectivity index (χ0n) is 17.7. The summed E-state index contributed by atoms with van der Waals surface area (Å²) in [5, 5.41) is 13.0. The number of benzene rings is 2. The van der Waals surface area contributed by atoms with Crippen LogP contribution in [0.25, 0.3) is 0 Å². The van der Waals surface area contributed by atoms with Gasteiger partial charge in [0.15, 0.2) is 0 Å². The third-order valence-corrected chi connectivity index (χ3v) is 6.85. The van der Waals surface area contributed by atoms with Gasteiger partial charge in [0, 0.05) is 10.7 Å². The van der Waals surface area contributed by atoms with E-state index < -0.39 is 11.2 Å². The van der Waals surface area contributed by atoms with E-state index in [-0.39, 0.29) is 18.0 Å². The van der Waals surface area contributed by atoms with E-state index in [9.17, 15) is 14.9 Å². The van der Waals surface area contributed by atoms with Crippen LogP contribution in [0.3, 0.4) is 0 Å². The fourth-order valence-electron chi connectivity index (χ4n) is 3.45. The first-order valence-corrected chi connectivity index (χ1v) is 11.5. The first-order chi connectivity index (χ1) is 16.0. The van der Waals surface area contributed by atoms with Gasteiger partial charge in [0.1, 0.15) is 22.4 Å². The van der Waals surface area contributed by atoms with Crippen LogP contribution in [0.5, 0.6) is 0 Å². The van der Waals surface area contributed by atoms with Crippen molar-refractivity contribution in [3.8, 4) is 6.07 Å². The highest BCUT2D eigenvalue weighted by atomic mass is 35.5. The van der Waals surface area contributed by atoms with Gasteiger partial charge in [-0.1, -0.05) is 53.7 Å². The van der Waals surface area contributed by atoms with Crippen LogP contribution in [0.15, 0.2) is 81.9 Å². The van der Waals surface area contributed by atoms with Gasteiger partial charge >= 0.3 is 0 Å². The Bertz CT molecular complexity index is 1250. The number of hydrogen-bond donors (Lipinski definition) is 1. The molecule has 2 amide bonds. The number of carbonyl (C=O) groups is 2. The maximum Gasteiger partial charge on any atom is 0.265 e. The Labute approximate surface area is 200 Å². The molecule has 1 aromatic heterocycles. The number of nitrogens with one attached hydrogen (secondary N) is 1. The lowest BCUT2D eigenvalue weighted by molar-refractivity contribution is -0.117. The maximum absolute atomic E-state index is 13.4. The SMILES string of the molecule is Cc1ccc(C[C@H]2S/C(=C(/C#N)C(=O)NCc3ccco3)N(c3ccccc3)C2=O)cc1Cl. The molecule has 0 radical (unpaired) electrons. The second kappa shape index (κ2) is 9.99. The van der Waals surface area contributed by atoms with E-state index in [2.05, 4.69) is 5.32 Å². The molecule has 1 aliphatic heterocycles. The van der Waals surface area contributed by atoms with Crippen molar-refractivity contribution in [3.63, 3.8) is 0 Å². The lowest BCUT2D eigenvalue weighted by Crippen LogP contribution is -2.32. The van der Waals surface area contributed by atoms with E-state index in [1.165, 1.54) is 22.9 Å². The molecule has 1 N–H and O–H groups in total. The van der Waals surface area contributed by atoms with Gasteiger partial charge in [-0.25, -0.2) is 0 Å². The molecule has 8 heteroatoms. The topological polar surface area (TPSA) is 86.3 Å². The van der Waals surface area contributed by atoms with Crippen LogP contribution in [-0.2, 0) is 22.6 Å². The molecule has 0 saturated carbocycles. The van der Waals surface area contributed by atoms with Gasteiger partial charge in [-0.3, -0.25) is 14.5 Å². The molecule has 6 nitrogen and oxygen atoms in total. The van der Waals surface area contributed by atoms with Crippen LogP contribution >= 0.6 is 23.4 Å². The fraction of sp³-hybridized carbons (Fsp3) is 0.160. The first kappa shape index (κ1) is 22.7. The van der Waals surface area contributed by atoms with Crippen LogP contribution in [0.2, 0.25) is 5.02 Å². The Morgan fingerprint density at radius 2 is 2.00 bits per heavy atom. The summed E-state index contributed by atoms with van der Waals surface area (Å²) < 4.78 is 5.24. The number of furan rings is 1. The molecular weight excluding hydrogens is 458 g/mol. The molecule has 0 aliphatic carbocycles. The van der Waals surface area contributed by atoms with Crippen molar-refractivity contribution < 1.29 is 14.0 Å². The highest BCUT2D eigenvalue weighted by Gasteiger charge is 2.40. The number of amides is 2. The van der Waals surface area contributed by atoms with Gasteiger partial charge < -0.3 is 9.73 Å². The zero-order valence-corrected chi connectivity index (χ0v) is 19.3. The summed E-state index contributed by atoms with van der Waals surface area (Å²) in [6, 6.07) is 20.1. The first-order valence-electron chi connectivity index (χ1n) is 10.2. The molecular formula is C25H20ClN3O3S. The van der Waals surface area contributed by atoms with E-state index in [0.29, 0.717) is 27.9 Å². The van der Waals surface area contributed by atoms with E-state index >= 15 is 0 Å². The quantitative estimate of drug-likeness (QED) is 0.399. The van der Waals surface area contributed by atoms with Crippen LogP contribution < -0.4 is 10.2 Å². The summed E-state index contributed by atoms with van der Waals surface area (Å²) >= 11 is 7.48. The number of halogens is 1. The van der Waals surface area contributed by atoms with Crippen molar-refractivity contribution in [3.05, 3.63) is 99.4 Å². The number of rotatable bonds is 6. The molecule has 4 rings (SSSR count). The summed E-state index contributed by atoms with van der Waals surface area (Å²) in [6.07, 6.45) is 1.93. The lowest BCUT2D eigenvalue weighted by atomic mass is 10.1. The molecule has 166 valence electrons. The largest absolute Gasteiger partial charge is 0.467 e. The number of carbonyl (C=O) groups excluding carboxylic acids is 2. The molecule has 0 spiro atoms. The number of para-hydroxylation sites is 1. The van der Waals surface area contributed by atoms with Gasteiger partial charge in [-0.2, -0.15) is 5.26 Å². The monoisotopic (exact) mass is 477 g/mol. The van der Waals surface area contributed by atoms with Crippen molar-refractivity contribution in [1.82, 2.24) is 5.32 Å². The van der Waals surface area contributed by atoms with Crippen LogP contribution in [0.1, 0.15) is 16.9 Å². The summed E-state index contributed by atoms with van der Waals surface area (Å²) in [7, 11) is 0. The zero-order chi connectivity index (χ0) is 23.4. The molecule has 0 unspecified atom stereocenters. The Morgan fingerprint density at radius 1 is 1.21 bits per heavy atom. The number of aryl methyl sites for hydroxylation is 1. The maximum atomic E-state index is 13.4. The molecule has 2 aromatic carbocycles. The summed E-state index contributed by atoms with van der Waals surface area (Å²) in [4.78, 5) is 27.8. The standard InChI is InChI=1S/C25H20ClN3O3S/c1-16-9-10-17(12-21(16)26)13-22-24(31)29(18-6-3-2-4-7-18)25(33-22)20(14-27)23(30)28-15-19-8-5-11-32-19/h2-12,22H,13,15H2,1H3,(H,28,30)/b25-20-/t22-/m1/s1. The predicted molar refractivity (Wildman–Crippen MR) is 128 cm³/mol. The summed E-state index contributed by atoms with van der Waals surface area (Å²) in [5.41, 5.74) is 2.35. The molecule has 1 aliphatic rings. The minimum absolute atomic E-state index is 0.117. The van der Waals surface area contributed by atoms with Gasteiger partial charge in [0.05, 0.1) is 18.1 Å². The molecule has 1 saturated heterocycles. The highest BCUT2D eigenvalue weighted by molar-refractivity contribution is 8.05. The normalized spacial score (nSPS) is 17.1. The number of nitrogens with zero attached hydrogens (tertiary/aromatic N) is 2. The van der Waals surface area contributed by atoms with Crippen molar-refractivity contribution in [1.29, 1.82) is 5.26 Å². The minimum atomic E-state index is -0.566. The van der Waals surface area contributed by atoms with E-state index in [4.69, 9.17) is 16.0 Å². The fourth-order valence-corrected chi connectivity index (χ4v) is 4.96. The van der Waals surface area contributed by atoms with Gasteiger partial charge in [-0.15, -0.1) is 0 Å². The van der Waals surface area contributed by atoms with Crippen molar-refractivity contribution >= 4 is 40.9 Å². The molecule has 2 heterocycles. The minimum Gasteiger partial charge on any atom is -0.467 e. The van der Waals surface area contributed by atoms with Gasteiger partial charge in [-0.05, 0) is 54.8 Å². The highest BCUT2D eigenvalue weighted by Crippen LogP contribution is 2.42. The number of hydrogen-bond acceptors (Lipinski definition) is 5. The molecule has 1 atom stereocenters. The summed E-state index contributed by atoms with van der Waals surface area (Å²) in [5.74, 6) is -0.191. The Balaban J connectivity index is 1.66. The molecule has 0 bridgehead atoms. The van der Waals surface area contributed by atoms with Crippen LogP contribution in [0.4, 0.5) is 5.69 Å². The second-order valence-electron chi connectivity index (χ2n) is 7.46. The van der Waals surface area contributed by atoms with Gasteiger partial charge in [0.2, 0.25) is 5.91 Å². The predicted octanol–water partition coefficient (Wildman–Crippen LogP) is 4.98. The number of thioether (sulfide) groups is 1. The van der Waals surface area contributed by atoms with Crippen molar-refractivity contribution in [2.75, 3.05) is 4.90 Å². The van der Waals surface area contributed by atoms with Crippen molar-refractivity contribution in [2.45, 2.75) is 25.1 Å². The smallest absolute Gasteiger partial charge is 0.265 e. The number of anilines is 1. The van der Waals surface area contributed by atoms with E-state index in [1.54, 1.807) is 36.4 Å². The number of nitriles is 1. The Kier molecular flexibility index (Phi) is 6.87. The van der Waals surface area contributed by atoms with Crippen LogP contribution in [0, 0.1) is 18.3 Å². The lowest BCUT2D eigenvalue weighted by Gasteiger charge is -2.18. The Hall–Kier alpha value is -3.47. The van der Waals surface area contributed by atoms with E-state index in [1.807, 2.05) is 37.3 Å². The van der Waals surface area contributed by atoms with Crippen molar-refractivity contribution in [2.24, 2.45) is 0 Å². The summed E-state index contributed by atoms with van der Waals surface area (Å²) in [6.45, 7) is 2.06. The Morgan fingerprint density at radius 3 is 2.67 bits per heavy atom. The average Bonchev–Trinajstić information content (AvgIpc) is 3.44. The molecule has 33 heavy (non-hydrogen) atoms. The van der Waals surface area contributed by atoms with Crippen LogP contribution in [-0.4, -0.2) is 17.1 Å². The molecule has 3 aromatic rings. The third kappa shape index (κ3) is 4.98. The second-order valence-corrected chi connectivity index (χ2v) is 9.06. The van der Waals surface area contributed by atoms with E-state index in [0.717, 1.165) is 11.1 Å². The van der Waals surface area contributed by atoms with Gasteiger partial charge in [0.25, 0.3) is 5.91 Å².